The van der Waals surface area contributed by atoms with Crippen molar-refractivity contribution in [2.75, 3.05) is 6.54 Å². The van der Waals surface area contributed by atoms with Gasteiger partial charge in [-0.1, -0.05) is 12.8 Å². The Morgan fingerprint density at radius 3 is 2.46 bits per heavy atom. The van der Waals surface area contributed by atoms with Gasteiger partial charge in [0.2, 0.25) is 0 Å². The van der Waals surface area contributed by atoms with Crippen molar-refractivity contribution in [3.8, 4) is 0 Å². The minimum absolute atomic E-state index is 0.243. The van der Waals surface area contributed by atoms with E-state index in [1.165, 1.54) is 12.8 Å². The van der Waals surface area contributed by atoms with Crippen molar-refractivity contribution in [3.63, 3.8) is 0 Å². The number of hydrogen-bond acceptors (Lipinski definition) is 2. The fraction of sp³-hybridized carbons (Fsp3) is 0.900. The second kappa shape index (κ2) is 3.29. The van der Waals surface area contributed by atoms with Crippen LogP contribution >= 0.6 is 0 Å². The Morgan fingerprint density at radius 2 is 2.08 bits per heavy atom. The average Bonchev–Trinajstić information content (AvgIpc) is 2.03. The molecule has 1 unspecified atom stereocenters. The van der Waals surface area contributed by atoms with Crippen LogP contribution in [0.15, 0.2) is 0 Å². The molecule has 2 N–H and O–H groups in total. The molecule has 2 aliphatic rings. The quantitative estimate of drug-likeness (QED) is 0.680. The number of carbonyl (C=O) groups is 1. The summed E-state index contributed by atoms with van der Waals surface area (Å²) >= 11 is 0. The van der Waals surface area contributed by atoms with Gasteiger partial charge >= 0.3 is 5.97 Å². The highest BCUT2D eigenvalue weighted by Crippen LogP contribution is 2.46. The Morgan fingerprint density at radius 1 is 1.31 bits per heavy atom. The Labute approximate surface area is 78.5 Å². The van der Waals surface area contributed by atoms with Gasteiger partial charge in [-0.05, 0) is 32.2 Å². The minimum Gasteiger partial charge on any atom is -0.481 e. The van der Waals surface area contributed by atoms with Gasteiger partial charge in [0.1, 0.15) is 0 Å². The molecule has 0 radical (unpaired) electrons. The van der Waals surface area contributed by atoms with Crippen molar-refractivity contribution in [2.24, 2.45) is 5.41 Å². The lowest BCUT2D eigenvalue weighted by molar-refractivity contribution is -0.158. The lowest BCUT2D eigenvalue weighted by atomic mass is 9.62. The summed E-state index contributed by atoms with van der Waals surface area (Å²) in [5.74, 6) is -0.585. The number of aliphatic carboxylic acids is 1. The Kier molecular flexibility index (Phi) is 2.28. The fourth-order valence-corrected chi connectivity index (χ4v) is 2.59. The van der Waals surface area contributed by atoms with Gasteiger partial charge in [-0.25, -0.2) is 0 Å². The lowest BCUT2D eigenvalue weighted by Gasteiger charge is -2.46. The number of carboxylic acid groups (broad SMARTS) is 1. The van der Waals surface area contributed by atoms with E-state index in [0.29, 0.717) is 0 Å². The van der Waals surface area contributed by atoms with Crippen molar-refractivity contribution in [2.45, 2.75) is 44.6 Å². The molecule has 1 atom stereocenters. The van der Waals surface area contributed by atoms with Crippen LogP contribution in [0, 0.1) is 5.41 Å². The average molecular weight is 183 g/mol. The van der Waals surface area contributed by atoms with Crippen molar-refractivity contribution in [1.82, 2.24) is 5.32 Å². The molecule has 1 heterocycles. The summed E-state index contributed by atoms with van der Waals surface area (Å²) in [7, 11) is 0. The largest absolute Gasteiger partial charge is 0.481 e. The second-order valence-corrected chi connectivity index (χ2v) is 4.32. The molecule has 0 bridgehead atoms. The molecule has 0 aromatic rings. The van der Waals surface area contributed by atoms with E-state index >= 15 is 0 Å². The van der Waals surface area contributed by atoms with Crippen molar-refractivity contribution < 1.29 is 9.90 Å². The summed E-state index contributed by atoms with van der Waals surface area (Å²) in [6, 6.07) is 0.243. The number of carboxylic acids is 1. The second-order valence-electron chi connectivity index (χ2n) is 4.32. The normalized spacial score (nSPS) is 32.2. The maximum Gasteiger partial charge on any atom is 0.311 e. The maximum absolute atomic E-state index is 11.2. The van der Waals surface area contributed by atoms with Crippen LogP contribution in [-0.2, 0) is 4.79 Å². The van der Waals surface area contributed by atoms with E-state index in [1.54, 1.807) is 0 Å². The predicted octanol–water partition coefficient (Wildman–Crippen LogP) is 1.38. The summed E-state index contributed by atoms with van der Waals surface area (Å²) in [6.07, 6.45) is 6.27. The van der Waals surface area contributed by atoms with Gasteiger partial charge in [0.25, 0.3) is 0 Å². The summed E-state index contributed by atoms with van der Waals surface area (Å²) in [5, 5.41) is 12.6. The van der Waals surface area contributed by atoms with Crippen molar-refractivity contribution in [1.29, 1.82) is 0 Å². The first-order chi connectivity index (χ1) is 6.26. The lowest BCUT2D eigenvalue weighted by Crippen LogP contribution is -2.55. The molecule has 3 nitrogen and oxygen atoms in total. The van der Waals surface area contributed by atoms with Crippen molar-refractivity contribution in [3.05, 3.63) is 0 Å². The highest BCUT2D eigenvalue weighted by Gasteiger charge is 2.50. The molecule has 2 rings (SSSR count). The maximum atomic E-state index is 11.2. The fourth-order valence-electron chi connectivity index (χ4n) is 2.59. The van der Waals surface area contributed by atoms with Gasteiger partial charge in [0.05, 0.1) is 5.41 Å². The molecule has 1 saturated heterocycles. The van der Waals surface area contributed by atoms with Gasteiger partial charge in [0, 0.05) is 6.04 Å². The van der Waals surface area contributed by atoms with E-state index in [1.807, 2.05) is 0 Å². The highest BCUT2D eigenvalue weighted by atomic mass is 16.4. The Balaban J connectivity index is 2.06. The molecular formula is C10H17NO2. The van der Waals surface area contributed by atoms with Crippen molar-refractivity contribution >= 4 is 5.97 Å². The van der Waals surface area contributed by atoms with Gasteiger partial charge in [-0.2, -0.15) is 0 Å². The van der Waals surface area contributed by atoms with E-state index in [4.69, 9.17) is 0 Å². The van der Waals surface area contributed by atoms with E-state index in [0.717, 1.165) is 32.2 Å². The summed E-state index contributed by atoms with van der Waals surface area (Å²) < 4.78 is 0. The number of nitrogens with one attached hydrogen (secondary N) is 1. The van der Waals surface area contributed by atoms with Crippen LogP contribution < -0.4 is 5.32 Å². The molecule has 1 aliphatic carbocycles. The molecule has 0 amide bonds. The first-order valence-corrected chi connectivity index (χ1v) is 5.22. The van der Waals surface area contributed by atoms with Crippen LogP contribution in [0.1, 0.15) is 38.5 Å². The van der Waals surface area contributed by atoms with E-state index in [9.17, 15) is 9.90 Å². The number of rotatable bonds is 2. The van der Waals surface area contributed by atoms with Crippen LogP contribution in [0.2, 0.25) is 0 Å². The summed E-state index contributed by atoms with van der Waals surface area (Å²) in [6.45, 7) is 1.000. The zero-order valence-electron chi connectivity index (χ0n) is 7.88. The smallest absolute Gasteiger partial charge is 0.311 e. The predicted molar refractivity (Wildman–Crippen MR) is 49.6 cm³/mol. The summed E-state index contributed by atoms with van der Waals surface area (Å²) in [5.41, 5.74) is -0.402. The van der Waals surface area contributed by atoms with Gasteiger partial charge < -0.3 is 10.4 Å². The van der Waals surface area contributed by atoms with Gasteiger partial charge in [-0.3, -0.25) is 4.79 Å². The van der Waals surface area contributed by atoms with Crippen LogP contribution in [0.25, 0.3) is 0 Å². The molecule has 0 aromatic heterocycles. The van der Waals surface area contributed by atoms with Crippen LogP contribution in [0.5, 0.6) is 0 Å². The molecule has 0 spiro atoms. The van der Waals surface area contributed by atoms with Crippen LogP contribution in [-0.4, -0.2) is 23.7 Å². The van der Waals surface area contributed by atoms with Crippen LogP contribution in [0.3, 0.4) is 0 Å². The molecule has 3 heteroatoms. The Hall–Kier alpha value is -0.570. The molecular weight excluding hydrogens is 166 g/mol. The summed E-state index contributed by atoms with van der Waals surface area (Å²) in [4.78, 5) is 11.2. The van der Waals surface area contributed by atoms with E-state index < -0.39 is 11.4 Å². The van der Waals surface area contributed by atoms with E-state index in [2.05, 4.69) is 5.32 Å². The standard InChI is InChI=1S/C10H17NO2/c12-9(13)10(5-3-6-10)8-4-1-2-7-11-8/h8,11H,1-7H2,(H,12,13). The Bertz CT molecular complexity index is 205. The zero-order valence-corrected chi connectivity index (χ0v) is 7.88. The zero-order chi connectivity index (χ0) is 9.31. The number of piperidine rings is 1. The van der Waals surface area contributed by atoms with E-state index in [-0.39, 0.29) is 6.04 Å². The number of hydrogen-bond donors (Lipinski definition) is 2. The molecule has 0 aromatic carbocycles. The molecule has 1 saturated carbocycles. The molecule has 13 heavy (non-hydrogen) atoms. The van der Waals surface area contributed by atoms with Gasteiger partial charge in [-0.15, -0.1) is 0 Å². The monoisotopic (exact) mass is 183 g/mol. The third kappa shape index (κ3) is 1.35. The molecule has 1 aliphatic heterocycles. The van der Waals surface area contributed by atoms with Gasteiger partial charge in [0.15, 0.2) is 0 Å². The molecule has 74 valence electrons. The topological polar surface area (TPSA) is 49.3 Å². The first-order valence-electron chi connectivity index (χ1n) is 5.22. The first kappa shape index (κ1) is 9.00. The third-order valence-electron chi connectivity index (χ3n) is 3.65. The SMILES string of the molecule is O=C(O)C1(C2CCCCN2)CCC1. The third-order valence-corrected chi connectivity index (χ3v) is 3.65. The van der Waals surface area contributed by atoms with Crippen LogP contribution in [0.4, 0.5) is 0 Å². The highest BCUT2D eigenvalue weighted by molar-refractivity contribution is 5.76. The minimum atomic E-state index is -0.585. The molecule has 2 fully saturated rings.